The first-order valence-corrected chi connectivity index (χ1v) is 10.1. The number of anilines is 1. The molecule has 7 heteroatoms. The first-order chi connectivity index (χ1) is 12.4. The monoisotopic (exact) mass is 374 g/mol. The summed E-state index contributed by atoms with van der Waals surface area (Å²) in [7, 11) is -1.55. The van der Waals surface area contributed by atoms with Gasteiger partial charge in [0.25, 0.3) is 5.91 Å². The van der Waals surface area contributed by atoms with Crippen molar-refractivity contribution in [1.82, 2.24) is 4.31 Å². The minimum Gasteiger partial charge on any atom is -0.335 e. The van der Waals surface area contributed by atoms with Crippen molar-refractivity contribution in [3.63, 3.8) is 0 Å². The van der Waals surface area contributed by atoms with Gasteiger partial charge in [-0.2, -0.15) is 4.31 Å². The predicted molar refractivity (Wildman–Crippen MR) is 101 cm³/mol. The molecule has 0 aliphatic carbocycles. The lowest BCUT2D eigenvalue weighted by molar-refractivity contribution is -0.883. The minimum atomic E-state index is -3.61. The number of likely N-dealkylation sites (N-methyl/N-ethyl adjacent to an activating group) is 1. The van der Waals surface area contributed by atoms with E-state index in [-0.39, 0.29) is 10.8 Å². The van der Waals surface area contributed by atoms with Crippen molar-refractivity contribution < 1.29 is 18.1 Å². The van der Waals surface area contributed by atoms with Crippen molar-refractivity contribution in [3.8, 4) is 0 Å². The van der Waals surface area contributed by atoms with Crippen molar-refractivity contribution in [3.05, 3.63) is 59.7 Å². The van der Waals surface area contributed by atoms with Crippen molar-refractivity contribution in [2.24, 2.45) is 0 Å². The second kappa shape index (κ2) is 7.57. The summed E-state index contributed by atoms with van der Waals surface area (Å²) in [6, 6.07) is 13.9. The summed E-state index contributed by atoms with van der Waals surface area (Å²) in [5.74, 6) is -0.324. The van der Waals surface area contributed by atoms with Crippen molar-refractivity contribution >= 4 is 21.6 Å². The first-order valence-electron chi connectivity index (χ1n) is 8.66. The van der Waals surface area contributed by atoms with Gasteiger partial charge in [-0.3, -0.25) is 4.79 Å². The number of rotatable bonds is 4. The molecular weight excluding hydrogens is 350 g/mol. The van der Waals surface area contributed by atoms with Gasteiger partial charge in [0.05, 0.1) is 38.1 Å². The average molecular weight is 374 g/mol. The summed E-state index contributed by atoms with van der Waals surface area (Å²) in [4.78, 5) is 14.0. The summed E-state index contributed by atoms with van der Waals surface area (Å²) in [5, 5.41) is 2.79. The molecule has 3 rings (SSSR count). The molecule has 6 nitrogen and oxygen atoms in total. The number of sulfonamides is 1. The molecule has 2 N–H and O–H groups in total. The molecular formula is C19H24N3O3S+. The maximum atomic E-state index is 13.0. The molecule has 1 fully saturated rings. The molecule has 0 aromatic heterocycles. The van der Waals surface area contributed by atoms with E-state index < -0.39 is 10.0 Å². The first kappa shape index (κ1) is 18.6. The van der Waals surface area contributed by atoms with Crippen LogP contribution in [0.15, 0.2) is 53.4 Å². The Morgan fingerprint density at radius 2 is 1.73 bits per heavy atom. The number of nitrogens with zero attached hydrogens (tertiary/aromatic N) is 1. The van der Waals surface area contributed by atoms with E-state index in [2.05, 4.69) is 12.4 Å². The molecule has 0 atom stereocenters. The highest BCUT2D eigenvalue weighted by molar-refractivity contribution is 7.89. The fourth-order valence-corrected chi connectivity index (χ4v) is 4.68. The Kier molecular flexibility index (Phi) is 5.41. The van der Waals surface area contributed by atoms with Crippen LogP contribution in [0, 0.1) is 6.92 Å². The van der Waals surface area contributed by atoms with Gasteiger partial charge in [-0.25, -0.2) is 8.42 Å². The molecule has 2 aromatic carbocycles. The third kappa shape index (κ3) is 3.95. The van der Waals surface area contributed by atoms with E-state index in [9.17, 15) is 13.2 Å². The highest BCUT2D eigenvalue weighted by Gasteiger charge is 2.30. The van der Waals surface area contributed by atoms with E-state index in [1.54, 1.807) is 31.2 Å². The normalized spacial score (nSPS) is 16.4. The van der Waals surface area contributed by atoms with Crippen LogP contribution in [0.3, 0.4) is 0 Å². The fourth-order valence-electron chi connectivity index (χ4n) is 2.99. The molecule has 1 aliphatic rings. The Labute approximate surface area is 154 Å². The SMILES string of the molecule is Cc1ccc(C(=O)Nc2ccccc2)cc1S(=O)(=O)N1CC[NH+](C)CC1. The third-order valence-electron chi connectivity index (χ3n) is 4.68. The molecule has 1 amide bonds. The molecule has 2 aromatic rings. The van der Waals surface area contributed by atoms with Crippen molar-refractivity contribution in [2.75, 3.05) is 38.5 Å². The lowest BCUT2D eigenvalue weighted by Gasteiger charge is -2.29. The van der Waals surface area contributed by atoms with Gasteiger partial charge < -0.3 is 10.2 Å². The highest BCUT2D eigenvalue weighted by atomic mass is 32.2. The number of quaternary nitrogens is 1. The quantitative estimate of drug-likeness (QED) is 0.830. The lowest BCUT2D eigenvalue weighted by Crippen LogP contribution is -3.12. The van der Waals surface area contributed by atoms with E-state index in [0.717, 1.165) is 13.1 Å². The third-order valence-corrected chi connectivity index (χ3v) is 6.72. The van der Waals surface area contributed by atoms with Crippen LogP contribution < -0.4 is 10.2 Å². The molecule has 0 saturated carbocycles. The molecule has 0 radical (unpaired) electrons. The van der Waals surface area contributed by atoms with Crippen LogP contribution in [0.2, 0.25) is 0 Å². The molecule has 0 spiro atoms. The maximum absolute atomic E-state index is 13.0. The summed E-state index contributed by atoms with van der Waals surface area (Å²) in [6.45, 7) is 4.31. The van der Waals surface area contributed by atoms with Crippen LogP contribution >= 0.6 is 0 Å². The van der Waals surface area contributed by atoms with E-state index in [1.807, 2.05) is 18.2 Å². The topological polar surface area (TPSA) is 70.9 Å². The number of nitrogens with one attached hydrogen (secondary N) is 2. The van der Waals surface area contributed by atoms with Crippen LogP contribution in [0.4, 0.5) is 5.69 Å². The molecule has 0 unspecified atom stereocenters. The zero-order valence-electron chi connectivity index (χ0n) is 15.0. The molecule has 138 valence electrons. The van der Waals surface area contributed by atoms with Gasteiger partial charge >= 0.3 is 0 Å². The summed E-state index contributed by atoms with van der Waals surface area (Å²) < 4.78 is 27.6. The second-order valence-electron chi connectivity index (χ2n) is 6.66. The van der Waals surface area contributed by atoms with Gasteiger partial charge in [-0.15, -0.1) is 0 Å². The lowest BCUT2D eigenvalue weighted by atomic mass is 10.1. The Hall–Kier alpha value is -2.22. The van der Waals surface area contributed by atoms with Crippen LogP contribution in [-0.2, 0) is 10.0 Å². The average Bonchev–Trinajstić information content (AvgIpc) is 2.63. The molecule has 26 heavy (non-hydrogen) atoms. The van der Waals surface area contributed by atoms with Gasteiger partial charge in [-0.05, 0) is 36.8 Å². The van der Waals surface area contributed by atoms with E-state index in [1.165, 1.54) is 15.3 Å². The number of carbonyl (C=O) groups excluding carboxylic acids is 1. The zero-order valence-corrected chi connectivity index (χ0v) is 15.8. The number of benzene rings is 2. The standard InChI is InChI=1S/C19H23N3O3S/c1-15-8-9-16(19(23)20-17-6-4-3-5-7-17)14-18(15)26(24,25)22-12-10-21(2)11-13-22/h3-9,14H,10-13H2,1-2H3,(H,20,23)/p+1. The summed E-state index contributed by atoms with van der Waals surface area (Å²) >= 11 is 0. The van der Waals surface area contributed by atoms with Crippen LogP contribution in [0.25, 0.3) is 0 Å². The minimum absolute atomic E-state index is 0.206. The Bertz CT molecular complexity index is 890. The summed E-state index contributed by atoms with van der Waals surface area (Å²) in [5.41, 5.74) is 1.65. The van der Waals surface area contributed by atoms with E-state index in [0.29, 0.717) is 29.9 Å². The summed E-state index contributed by atoms with van der Waals surface area (Å²) in [6.07, 6.45) is 0. The largest absolute Gasteiger partial charge is 0.335 e. The zero-order chi connectivity index (χ0) is 18.7. The molecule has 0 bridgehead atoms. The number of hydrogen-bond donors (Lipinski definition) is 2. The van der Waals surface area contributed by atoms with Gasteiger partial charge in [0.15, 0.2) is 0 Å². The number of aryl methyl sites for hydroxylation is 1. The maximum Gasteiger partial charge on any atom is 0.255 e. The Morgan fingerprint density at radius 3 is 2.38 bits per heavy atom. The van der Waals surface area contributed by atoms with Gasteiger partial charge in [-0.1, -0.05) is 24.3 Å². The molecule has 1 aliphatic heterocycles. The van der Waals surface area contributed by atoms with Crippen LogP contribution in [0.1, 0.15) is 15.9 Å². The number of para-hydroxylation sites is 1. The Morgan fingerprint density at radius 1 is 1.08 bits per heavy atom. The smallest absolute Gasteiger partial charge is 0.255 e. The van der Waals surface area contributed by atoms with E-state index >= 15 is 0 Å². The van der Waals surface area contributed by atoms with E-state index in [4.69, 9.17) is 0 Å². The predicted octanol–water partition coefficient (Wildman–Crippen LogP) is 0.766. The van der Waals surface area contributed by atoms with Gasteiger partial charge in [0.1, 0.15) is 0 Å². The van der Waals surface area contributed by atoms with Crippen LogP contribution in [0.5, 0.6) is 0 Å². The number of piperazine rings is 1. The van der Waals surface area contributed by atoms with Gasteiger partial charge in [0.2, 0.25) is 10.0 Å². The number of amides is 1. The van der Waals surface area contributed by atoms with Crippen LogP contribution in [-0.4, -0.2) is 51.9 Å². The number of carbonyl (C=O) groups is 1. The van der Waals surface area contributed by atoms with Gasteiger partial charge in [0, 0.05) is 11.3 Å². The number of hydrogen-bond acceptors (Lipinski definition) is 3. The molecule has 1 heterocycles. The Balaban J connectivity index is 1.86. The fraction of sp³-hybridized carbons (Fsp3) is 0.316. The van der Waals surface area contributed by atoms with Crippen molar-refractivity contribution in [2.45, 2.75) is 11.8 Å². The van der Waals surface area contributed by atoms with Crippen molar-refractivity contribution in [1.29, 1.82) is 0 Å². The molecule has 1 saturated heterocycles. The highest BCUT2D eigenvalue weighted by Crippen LogP contribution is 2.22. The second-order valence-corrected chi connectivity index (χ2v) is 8.57.